The molecule has 2 aromatic rings. The molecule has 9 heteroatoms. The monoisotopic (exact) mass is 381 g/mol. The molecule has 0 N–H and O–H groups in total. The normalized spacial score (nSPS) is 17.5. The molecule has 1 aliphatic heterocycles. The fraction of sp³-hybridized carbons (Fsp3) is 0.389. The van der Waals surface area contributed by atoms with Crippen LogP contribution in [0.3, 0.4) is 0 Å². The third-order valence-corrected chi connectivity index (χ3v) is 4.23. The molecule has 3 rings (SSSR count). The molecule has 1 aliphatic rings. The van der Waals surface area contributed by atoms with E-state index in [2.05, 4.69) is 9.97 Å². The highest BCUT2D eigenvalue weighted by molar-refractivity contribution is 5.94. The maximum absolute atomic E-state index is 12.7. The molecule has 0 saturated carbocycles. The van der Waals surface area contributed by atoms with Gasteiger partial charge in [0.1, 0.15) is 6.10 Å². The molecular formula is C18H18F3N3O3. The maximum atomic E-state index is 12.7. The lowest BCUT2D eigenvalue weighted by Crippen LogP contribution is -2.44. The molecule has 0 bridgehead atoms. The van der Waals surface area contributed by atoms with Crippen molar-refractivity contribution in [3.8, 4) is 11.8 Å². The highest BCUT2D eigenvalue weighted by Gasteiger charge is 2.31. The minimum Gasteiger partial charge on any atom is -0.477 e. The third kappa shape index (κ3) is 4.47. The van der Waals surface area contributed by atoms with Crippen LogP contribution in [-0.2, 0) is 6.18 Å². The van der Waals surface area contributed by atoms with Crippen molar-refractivity contribution in [3.63, 3.8) is 0 Å². The molecule has 1 fully saturated rings. The summed E-state index contributed by atoms with van der Waals surface area (Å²) >= 11 is 0. The van der Waals surface area contributed by atoms with Gasteiger partial charge in [-0.15, -0.1) is 0 Å². The summed E-state index contributed by atoms with van der Waals surface area (Å²) in [5, 5.41) is 0. The summed E-state index contributed by atoms with van der Waals surface area (Å²) < 4.78 is 48.9. The lowest BCUT2D eigenvalue weighted by atomic mass is 10.1. The van der Waals surface area contributed by atoms with Crippen LogP contribution < -0.4 is 9.47 Å². The quantitative estimate of drug-likeness (QED) is 0.814. The summed E-state index contributed by atoms with van der Waals surface area (Å²) in [6, 6.07) is 4.22. The Kier molecular flexibility index (Phi) is 5.48. The van der Waals surface area contributed by atoms with E-state index in [1.54, 1.807) is 4.90 Å². The van der Waals surface area contributed by atoms with E-state index in [9.17, 15) is 18.0 Å². The summed E-state index contributed by atoms with van der Waals surface area (Å²) in [7, 11) is 1.46. The number of nitrogens with zero attached hydrogens (tertiary/aromatic N) is 3. The van der Waals surface area contributed by atoms with Crippen LogP contribution in [0.2, 0.25) is 0 Å². The molecule has 0 radical (unpaired) electrons. The zero-order valence-electron chi connectivity index (χ0n) is 14.6. The van der Waals surface area contributed by atoms with Gasteiger partial charge in [-0.3, -0.25) is 4.79 Å². The highest BCUT2D eigenvalue weighted by atomic mass is 19.4. The van der Waals surface area contributed by atoms with Gasteiger partial charge in [0.15, 0.2) is 0 Å². The van der Waals surface area contributed by atoms with Gasteiger partial charge >= 0.3 is 6.18 Å². The van der Waals surface area contributed by atoms with Crippen LogP contribution in [0.1, 0.15) is 28.8 Å². The summed E-state index contributed by atoms with van der Waals surface area (Å²) in [5.41, 5.74) is -0.575. The largest absolute Gasteiger partial charge is 0.477 e. The number of alkyl halides is 3. The molecule has 27 heavy (non-hydrogen) atoms. The number of carbonyl (C=O) groups excluding carboxylic acids is 1. The first-order chi connectivity index (χ1) is 12.9. The number of ether oxygens (including phenoxy) is 2. The minimum absolute atomic E-state index is 0.209. The predicted octanol–water partition coefficient (Wildman–Crippen LogP) is 3.19. The summed E-state index contributed by atoms with van der Waals surface area (Å²) in [5.74, 6) is 0.167. The number of hydrogen-bond acceptors (Lipinski definition) is 5. The molecule has 0 spiro atoms. The third-order valence-electron chi connectivity index (χ3n) is 4.23. The van der Waals surface area contributed by atoms with E-state index in [1.165, 1.54) is 31.6 Å². The van der Waals surface area contributed by atoms with Gasteiger partial charge in [0.05, 0.1) is 19.2 Å². The topological polar surface area (TPSA) is 64.6 Å². The van der Waals surface area contributed by atoms with Crippen molar-refractivity contribution in [1.29, 1.82) is 0 Å². The van der Waals surface area contributed by atoms with Crippen LogP contribution in [0.4, 0.5) is 13.2 Å². The van der Waals surface area contributed by atoms with Gasteiger partial charge in [-0.1, -0.05) is 0 Å². The van der Waals surface area contributed by atoms with E-state index in [4.69, 9.17) is 9.47 Å². The van der Waals surface area contributed by atoms with E-state index in [1.807, 2.05) is 0 Å². The Hall–Kier alpha value is -2.84. The van der Waals surface area contributed by atoms with Crippen molar-refractivity contribution in [3.05, 3.63) is 47.8 Å². The van der Waals surface area contributed by atoms with Crippen molar-refractivity contribution in [1.82, 2.24) is 14.9 Å². The van der Waals surface area contributed by atoms with E-state index >= 15 is 0 Å². The maximum Gasteiger partial charge on any atom is 0.416 e. The number of halogens is 3. The molecule has 6 nitrogen and oxygen atoms in total. The molecule has 144 valence electrons. The van der Waals surface area contributed by atoms with Gasteiger partial charge in [0.2, 0.25) is 0 Å². The number of amides is 1. The second kappa shape index (κ2) is 7.81. The van der Waals surface area contributed by atoms with Crippen LogP contribution in [-0.4, -0.2) is 47.1 Å². The van der Waals surface area contributed by atoms with Gasteiger partial charge in [-0.05, 0) is 37.1 Å². The summed E-state index contributed by atoms with van der Waals surface area (Å²) in [6.45, 7) is 0.816. The number of hydrogen-bond donors (Lipinski definition) is 0. The standard InChI is InChI=1S/C18H18F3N3O3/c1-26-15-16(23-9-8-22-15)27-14-3-2-10-24(11-14)17(25)12-4-6-13(7-5-12)18(19,20)21/h4-9,14H,2-3,10-11H2,1H3. The SMILES string of the molecule is COc1nccnc1OC1CCCN(C(=O)c2ccc(C(F)(F)F)cc2)C1. The summed E-state index contributed by atoms with van der Waals surface area (Å²) in [6.07, 6.45) is -0.348. The Bertz CT molecular complexity index is 796. The molecule has 1 aromatic heterocycles. The molecule has 2 heterocycles. The van der Waals surface area contributed by atoms with Gasteiger partial charge in [0, 0.05) is 24.5 Å². The Morgan fingerprint density at radius 1 is 1.15 bits per heavy atom. The Balaban J connectivity index is 1.67. The van der Waals surface area contributed by atoms with Gasteiger partial charge < -0.3 is 14.4 Å². The van der Waals surface area contributed by atoms with Crippen LogP contribution in [0.15, 0.2) is 36.7 Å². The minimum atomic E-state index is -4.43. The number of rotatable bonds is 4. The van der Waals surface area contributed by atoms with Crippen molar-refractivity contribution >= 4 is 5.91 Å². The lowest BCUT2D eigenvalue weighted by molar-refractivity contribution is -0.137. The highest BCUT2D eigenvalue weighted by Crippen LogP contribution is 2.29. The molecule has 1 saturated heterocycles. The molecule has 0 aliphatic carbocycles. The van der Waals surface area contributed by atoms with E-state index in [0.29, 0.717) is 19.5 Å². The fourth-order valence-corrected chi connectivity index (χ4v) is 2.89. The number of aromatic nitrogens is 2. The van der Waals surface area contributed by atoms with Crippen LogP contribution in [0, 0.1) is 0 Å². The lowest BCUT2D eigenvalue weighted by Gasteiger charge is -2.32. The van der Waals surface area contributed by atoms with Crippen molar-refractivity contribution < 1.29 is 27.4 Å². The summed E-state index contributed by atoms with van der Waals surface area (Å²) in [4.78, 5) is 22.3. The molecule has 1 amide bonds. The van der Waals surface area contributed by atoms with Crippen LogP contribution in [0.25, 0.3) is 0 Å². The van der Waals surface area contributed by atoms with E-state index in [0.717, 1.165) is 18.6 Å². The molecule has 1 atom stereocenters. The Labute approximate surface area is 153 Å². The first kappa shape index (κ1) is 18.9. The Morgan fingerprint density at radius 3 is 2.44 bits per heavy atom. The van der Waals surface area contributed by atoms with Gasteiger partial charge in [-0.25, -0.2) is 9.97 Å². The average molecular weight is 381 g/mol. The number of methoxy groups -OCH3 is 1. The second-order valence-corrected chi connectivity index (χ2v) is 6.08. The number of carbonyl (C=O) groups is 1. The average Bonchev–Trinajstić information content (AvgIpc) is 2.67. The second-order valence-electron chi connectivity index (χ2n) is 6.08. The molecular weight excluding hydrogens is 363 g/mol. The van der Waals surface area contributed by atoms with Crippen molar-refractivity contribution in [2.45, 2.75) is 25.1 Å². The zero-order chi connectivity index (χ0) is 19.4. The van der Waals surface area contributed by atoms with Crippen LogP contribution >= 0.6 is 0 Å². The van der Waals surface area contributed by atoms with E-state index < -0.39 is 11.7 Å². The fourth-order valence-electron chi connectivity index (χ4n) is 2.89. The molecule has 1 unspecified atom stereocenters. The van der Waals surface area contributed by atoms with Gasteiger partial charge in [-0.2, -0.15) is 13.2 Å². The van der Waals surface area contributed by atoms with Gasteiger partial charge in [0.25, 0.3) is 17.7 Å². The first-order valence-corrected chi connectivity index (χ1v) is 8.36. The van der Waals surface area contributed by atoms with Crippen molar-refractivity contribution in [2.75, 3.05) is 20.2 Å². The van der Waals surface area contributed by atoms with E-state index in [-0.39, 0.29) is 29.3 Å². The first-order valence-electron chi connectivity index (χ1n) is 8.36. The van der Waals surface area contributed by atoms with Crippen molar-refractivity contribution in [2.24, 2.45) is 0 Å². The number of likely N-dealkylation sites (tertiary alicyclic amines) is 1. The number of benzene rings is 1. The zero-order valence-corrected chi connectivity index (χ0v) is 14.6. The Morgan fingerprint density at radius 2 is 1.81 bits per heavy atom. The van der Waals surface area contributed by atoms with Crippen LogP contribution in [0.5, 0.6) is 11.8 Å². The predicted molar refractivity (Wildman–Crippen MR) is 89.6 cm³/mol. The molecule has 1 aromatic carbocycles. The number of piperidine rings is 1. The smallest absolute Gasteiger partial charge is 0.416 e.